The molecule has 0 fully saturated rings. The number of phenolic OH excluding ortho intramolecular Hbond substituents is 1. The Bertz CT molecular complexity index is 1290. The number of methoxy groups -OCH3 is 1. The van der Waals surface area contributed by atoms with Gasteiger partial charge < -0.3 is 25.7 Å². The molecule has 0 aliphatic carbocycles. The molecule has 0 spiro atoms. The van der Waals surface area contributed by atoms with E-state index in [1.807, 2.05) is 0 Å². The van der Waals surface area contributed by atoms with E-state index in [0.29, 0.717) is 22.0 Å². The minimum Gasteiger partial charge on any atom is -0.506 e. The van der Waals surface area contributed by atoms with Crippen LogP contribution in [0.15, 0.2) is 65.8 Å². The lowest BCUT2D eigenvalue weighted by molar-refractivity contribution is -0.128. The molecule has 3 aromatic rings. The van der Waals surface area contributed by atoms with Crippen LogP contribution in [-0.4, -0.2) is 35.2 Å². The number of anilines is 1. The molecule has 0 atom stereocenters. The van der Waals surface area contributed by atoms with Gasteiger partial charge in [-0.05, 0) is 68.4 Å². The van der Waals surface area contributed by atoms with Gasteiger partial charge in [0.2, 0.25) is 5.78 Å². The Balaban J connectivity index is 1.82. The third-order valence-electron chi connectivity index (χ3n) is 5.01. The van der Waals surface area contributed by atoms with E-state index in [2.05, 4.69) is 10.4 Å². The van der Waals surface area contributed by atoms with E-state index >= 15 is 0 Å². The van der Waals surface area contributed by atoms with E-state index in [0.717, 1.165) is 0 Å². The zero-order valence-electron chi connectivity index (χ0n) is 19.1. The molecule has 0 saturated heterocycles. The first kappa shape index (κ1) is 25.9. The number of Topliss-reactive ketones (excluding diaryl/α,β-unsaturated/α-hetero) is 1. The van der Waals surface area contributed by atoms with Crippen molar-refractivity contribution in [3.05, 3.63) is 81.8 Å². The van der Waals surface area contributed by atoms with Gasteiger partial charge in [-0.25, -0.2) is 0 Å². The summed E-state index contributed by atoms with van der Waals surface area (Å²) in [6, 6.07) is 15.3. The number of hydrazone groups is 1. The highest BCUT2D eigenvalue weighted by molar-refractivity contribution is 6.51. The van der Waals surface area contributed by atoms with Gasteiger partial charge in [-0.1, -0.05) is 29.3 Å². The number of benzene rings is 3. The number of nitrogens with one attached hydrogen (secondary N) is 1. The van der Waals surface area contributed by atoms with Gasteiger partial charge in [0.05, 0.1) is 17.8 Å². The first-order chi connectivity index (χ1) is 16.6. The second-order valence-corrected chi connectivity index (χ2v) is 8.75. The Morgan fingerprint density at radius 1 is 1.00 bits per heavy atom. The van der Waals surface area contributed by atoms with E-state index < -0.39 is 17.3 Å². The van der Waals surface area contributed by atoms with Crippen LogP contribution in [0.5, 0.6) is 17.2 Å². The quantitative estimate of drug-likeness (QED) is 0.167. The molecule has 10 heteroatoms. The Hall–Kier alpha value is -3.75. The van der Waals surface area contributed by atoms with Gasteiger partial charge in [0.1, 0.15) is 23.0 Å². The average Bonchev–Trinajstić information content (AvgIpc) is 2.83. The second-order valence-electron chi connectivity index (χ2n) is 7.91. The second kappa shape index (κ2) is 10.7. The van der Waals surface area contributed by atoms with E-state index in [1.54, 1.807) is 50.2 Å². The van der Waals surface area contributed by atoms with Crippen LogP contribution in [0.4, 0.5) is 5.69 Å². The van der Waals surface area contributed by atoms with Crippen LogP contribution in [-0.2, 0) is 4.79 Å². The molecule has 8 nitrogen and oxygen atoms in total. The molecule has 4 N–H and O–H groups in total. The van der Waals surface area contributed by atoms with Crippen molar-refractivity contribution in [1.29, 1.82) is 0 Å². The SMILES string of the molecule is COc1cc(/C(=N\N)C(=O)c2ccc(O)c(Cl)c2)ccc1NC(=O)C(C)(C)Oc1ccc(Cl)cc1. The largest absolute Gasteiger partial charge is 0.506 e. The molecule has 0 radical (unpaired) electrons. The highest BCUT2D eigenvalue weighted by Gasteiger charge is 2.31. The number of aromatic hydroxyl groups is 1. The van der Waals surface area contributed by atoms with E-state index in [-0.39, 0.29) is 27.8 Å². The van der Waals surface area contributed by atoms with Gasteiger partial charge in [0.15, 0.2) is 5.60 Å². The lowest BCUT2D eigenvalue weighted by Crippen LogP contribution is -2.42. The van der Waals surface area contributed by atoms with Crippen molar-refractivity contribution in [3.63, 3.8) is 0 Å². The molecule has 0 aromatic heterocycles. The molecule has 0 aliphatic rings. The number of ketones is 1. The number of halogens is 2. The molecule has 0 unspecified atom stereocenters. The molecule has 182 valence electrons. The fourth-order valence-corrected chi connectivity index (χ4v) is 3.41. The Kier molecular flexibility index (Phi) is 7.89. The number of ether oxygens (including phenoxy) is 2. The van der Waals surface area contributed by atoms with Crippen LogP contribution in [0, 0.1) is 0 Å². The summed E-state index contributed by atoms with van der Waals surface area (Å²) >= 11 is 11.8. The van der Waals surface area contributed by atoms with Gasteiger partial charge in [-0.2, -0.15) is 5.10 Å². The van der Waals surface area contributed by atoms with Crippen LogP contribution >= 0.6 is 23.2 Å². The Morgan fingerprint density at radius 2 is 1.66 bits per heavy atom. The molecular weight excluding hydrogens is 493 g/mol. The predicted molar refractivity (Wildman–Crippen MR) is 136 cm³/mol. The van der Waals surface area contributed by atoms with Gasteiger partial charge in [0, 0.05) is 16.1 Å². The molecule has 0 bridgehead atoms. The van der Waals surface area contributed by atoms with Crippen molar-refractivity contribution in [2.45, 2.75) is 19.4 Å². The van der Waals surface area contributed by atoms with Crippen molar-refractivity contribution in [1.82, 2.24) is 0 Å². The van der Waals surface area contributed by atoms with Crippen LogP contribution in [0.25, 0.3) is 0 Å². The summed E-state index contributed by atoms with van der Waals surface area (Å²) in [7, 11) is 1.42. The maximum absolute atomic E-state index is 13.0. The van der Waals surface area contributed by atoms with Crippen molar-refractivity contribution >= 4 is 46.3 Å². The number of nitrogens with zero attached hydrogens (tertiary/aromatic N) is 1. The lowest BCUT2D eigenvalue weighted by Gasteiger charge is -2.26. The maximum atomic E-state index is 13.0. The lowest BCUT2D eigenvalue weighted by atomic mass is 9.99. The van der Waals surface area contributed by atoms with Gasteiger partial charge >= 0.3 is 0 Å². The van der Waals surface area contributed by atoms with E-state index in [1.165, 1.54) is 31.4 Å². The maximum Gasteiger partial charge on any atom is 0.268 e. The highest BCUT2D eigenvalue weighted by atomic mass is 35.5. The standard InChI is InChI=1S/C25H23Cl2N3O5/c1-25(2,35-17-8-6-16(26)7-9-17)24(33)29-19-10-4-14(13-21(19)34-3)22(30-28)23(32)15-5-11-20(31)18(27)12-15/h4-13,31H,28H2,1-3H3,(H,29,33)/b30-22+. The summed E-state index contributed by atoms with van der Waals surface area (Å²) in [5, 5.41) is 16.6. The predicted octanol–water partition coefficient (Wildman–Crippen LogP) is 5.05. The van der Waals surface area contributed by atoms with Gasteiger partial charge in [-0.3, -0.25) is 9.59 Å². The topological polar surface area (TPSA) is 123 Å². The molecule has 35 heavy (non-hydrogen) atoms. The van der Waals surface area contributed by atoms with Crippen LogP contribution in [0.1, 0.15) is 29.8 Å². The van der Waals surface area contributed by atoms with Gasteiger partial charge in [0.25, 0.3) is 5.91 Å². The smallest absolute Gasteiger partial charge is 0.268 e. The fraction of sp³-hybridized carbons (Fsp3) is 0.160. The highest BCUT2D eigenvalue weighted by Crippen LogP contribution is 2.29. The summed E-state index contributed by atoms with van der Waals surface area (Å²) in [5.74, 6) is 5.17. The molecule has 0 aliphatic heterocycles. The van der Waals surface area contributed by atoms with Crippen LogP contribution in [0.3, 0.4) is 0 Å². The van der Waals surface area contributed by atoms with Gasteiger partial charge in [-0.15, -0.1) is 0 Å². The number of nitrogens with two attached hydrogens (primary N) is 1. The fourth-order valence-electron chi connectivity index (χ4n) is 3.11. The first-order valence-corrected chi connectivity index (χ1v) is 11.1. The Morgan fingerprint density at radius 3 is 2.26 bits per heavy atom. The van der Waals surface area contributed by atoms with E-state index in [4.69, 9.17) is 38.5 Å². The van der Waals surface area contributed by atoms with Crippen molar-refractivity contribution in [2.24, 2.45) is 10.9 Å². The number of phenols is 1. The van der Waals surface area contributed by atoms with Crippen LogP contribution < -0.4 is 20.6 Å². The third kappa shape index (κ3) is 6.03. The number of carbonyl (C=O) groups excluding carboxylic acids is 2. The third-order valence-corrected chi connectivity index (χ3v) is 5.57. The first-order valence-electron chi connectivity index (χ1n) is 10.3. The molecule has 3 rings (SSSR count). The summed E-state index contributed by atoms with van der Waals surface area (Å²) in [5.41, 5.74) is -0.391. The normalized spacial score (nSPS) is 11.6. The number of carbonyl (C=O) groups is 2. The number of hydrogen-bond acceptors (Lipinski definition) is 7. The number of amides is 1. The molecule has 0 saturated carbocycles. The molecular formula is C25H23Cl2N3O5. The zero-order valence-corrected chi connectivity index (χ0v) is 20.6. The summed E-state index contributed by atoms with van der Waals surface area (Å²) in [6.45, 7) is 3.25. The molecule has 1 amide bonds. The zero-order chi connectivity index (χ0) is 25.8. The van der Waals surface area contributed by atoms with E-state index in [9.17, 15) is 14.7 Å². The van der Waals surface area contributed by atoms with Crippen molar-refractivity contribution < 1.29 is 24.2 Å². The number of rotatable bonds is 8. The summed E-state index contributed by atoms with van der Waals surface area (Å²) in [4.78, 5) is 25.9. The van der Waals surface area contributed by atoms with Crippen molar-refractivity contribution in [2.75, 3.05) is 12.4 Å². The van der Waals surface area contributed by atoms with Crippen LogP contribution in [0.2, 0.25) is 10.0 Å². The number of hydrogen-bond donors (Lipinski definition) is 3. The average molecular weight is 516 g/mol. The summed E-state index contributed by atoms with van der Waals surface area (Å²) < 4.78 is 11.2. The monoisotopic (exact) mass is 515 g/mol. The minimum atomic E-state index is -1.23. The minimum absolute atomic E-state index is 0.0197. The Labute approximate surface area is 212 Å². The molecule has 3 aromatic carbocycles. The summed E-state index contributed by atoms with van der Waals surface area (Å²) in [6.07, 6.45) is 0. The van der Waals surface area contributed by atoms with Crippen molar-refractivity contribution in [3.8, 4) is 17.2 Å². The molecule has 0 heterocycles.